The Hall–Kier alpha value is -1.09. The van der Waals surface area contributed by atoms with E-state index in [-0.39, 0.29) is 45.6 Å². The molecule has 2 N–H and O–H groups in total. The third-order valence-corrected chi connectivity index (χ3v) is 6.99. The average molecular weight is 434 g/mol. The van der Waals surface area contributed by atoms with E-state index in [1.165, 1.54) is 12.1 Å². The van der Waals surface area contributed by atoms with Gasteiger partial charge in [-0.25, -0.2) is 0 Å². The van der Waals surface area contributed by atoms with Crippen LogP contribution in [0, 0.1) is 5.92 Å². The molecule has 0 fully saturated rings. The van der Waals surface area contributed by atoms with Crippen LogP contribution >= 0.6 is 11.8 Å². The third-order valence-electron chi connectivity index (χ3n) is 4.80. The van der Waals surface area contributed by atoms with Gasteiger partial charge >= 0.3 is 29.6 Å². The first kappa shape index (κ1) is 24.9. The number of carboxylic acids is 1. The number of fused-ring (bicyclic) bond motifs is 1. The summed E-state index contributed by atoms with van der Waals surface area (Å²) >= 11 is 6.33. The molecule has 3 rings (SSSR count). The minimum Gasteiger partial charge on any atom is -0.550 e. The van der Waals surface area contributed by atoms with Gasteiger partial charge in [-0.15, -0.1) is 0 Å². The summed E-state index contributed by atoms with van der Waals surface area (Å²) in [5, 5.41) is 11.2. The second-order valence-corrected chi connectivity index (χ2v) is 8.80. The second-order valence-electron chi connectivity index (χ2n) is 6.48. The van der Waals surface area contributed by atoms with Gasteiger partial charge in [0.25, 0.3) is 10.0 Å². The second kappa shape index (κ2) is 10.1. The summed E-state index contributed by atoms with van der Waals surface area (Å²) in [6.45, 7) is 2.08. The van der Waals surface area contributed by atoms with Crippen LogP contribution in [0.1, 0.15) is 30.0 Å². The summed E-state index contributed by atoms with van der Waals surface area (Å²) in [6, 6.07) is 11.4. The molecule has 0 saturated heterocycles. The van der Waals surface area contributed by atoms with E-state index in [9.17, 15) is 18.3 Å². The molecule has 0 aliphatic heterocycles. The zero-order valence-electron chi connectivity index (χ0n) is 15.8. The summed E-state index contributed by atoms with van der Waals surface area (Å²) in [6.07, 6.45) is 2.07. The van der Waals surface area contributed by atoms with Crippen LogP contribution in [0.2, 0.25) is 0 Å². The minimum absolute atomic E-state index is 0. The van der Waals surface area contributed by atoms with Crippen molar-refractivity contribution < 1.29 is 53.4 Å². The van der Waals surface area contributed by atoms with Crippen molar-refractivity contribution >= 4 is 33.5 Å². The molecule has 1 unspecified atom stereocenters. The number of aliphatic carboxylic acids is 1. The van der Waals surface area contributed by atoms with Gasteiger partial charge in [0.05, 0.1) is 10.6 Å². The SMILES string of the molecule is CCC1Cc2ccc(CC(=O)[O-])c(N(Cl)S(=O)(=O)c3ccccc3)c2C1.O.[Na+]. The van der Waals surface area contributed by atoms with Crippen LogP contribution in [0.5, 0.6) is 0 Å². The van der Waals surface area contributed by atoms with Crippen molar-refractivity contribution in [2.24, 2.45) is 5.92 Å². The number of carboxylic acid groups (broad SMARTS) is 1. The maximum Gasteiger partial charge on any atom is 1.00 e. The number of rotatable bonds is 6. The molecule has 0 bridgehead atoms. The largest absolute Gasteiger partial charge is 1.00 e. The van der Waals surface area contributed by atoms with Gasteiger partial charge < -0.3 is 15.4 Å². The van der Waals surface area contributed by atoms with Crippen molar-refractivity contribution in [2.75, 3.05) is 3.82 Å². The number of hydrogen-bond acceptors (Lipinski definition) is 4. The summed E-state index contributed by atoms with van der Waals surface area (Å²) in [5.41, 5.74) is 2.43. The van der Waals surface area contributed by atoms with E-state index in [1.807, 2.05) is 6.07 Å². The third kappa shape index (κ3) is 4.90. The summed E-state index contributed by atoms with van der Waals surface area (Å²) < 4.78 is 26.6. The van der Waals surface area contributed by atoms with Gasteiger partial charge in [-0.3, -0.25) is 0 Å². The summed E-state index contributed by atoms with van der Waals surface area (Å²) in [5.74, 6) is -0.884. The number of benzene rings is 2. The van der Waals surface area contributed by atoms with Crippen LogP contribution in [0.15, 0.2) is 47.4 Å². The fourth-order valence-electron chi connectivity index (χ4n) is 3.43. The molecule has 9 heteroatoms. The van der Waals surface area contributed by atoms with E-state index in [0.717, 1.165) is 24.0 Å². The maximum absolute atomic E-state index is 13.0. The smallest absolute Gasteiger partial charge is 0.550 e. The van der Waals surface area contributed by atoms with E-state index in [4.69, 9.17) is 11.8 Å². The van der Waals surface area contributed by atoms with Crippen LogP contribution in [-0.4, -0.2) is 19.9 Å². The van der Waals surface area contributed by atoms with Gasteiger partial charge in [-0.1, -0.05) is 43.7 Å². The number of nitrogens with zero attached hydrogens (tertiary/aromatic N) is 1. The Morgan fingerprint density at radius 1 is 1.18 bits per heavy atom. The number of hydrogen-bond donors (Lipinski definition) is 0. The first-order valence-electron chi connectivity index (χ1n) is 8.44. The minimum atomic E-state index is -4.01. The van der Waals surface area contributed by atoms with E-state index in [2.05, 4.69) is 6.92 Å². The molecule has 1 aliphatic carbocycles. The number of carbonyl (C=O) groups is 1. The molecule has 0 amide bonds. The van der Waals surface area contributed by atoms with E-state index in [0.29, 0.717) is 21.7 Å². The predicted octanol–water partition coefficient (Wildman–Crippen LogP) is -1.37. The Morgan fingerprint density at radius 3 is 2.39 bits per heavy atom. The van der Waals surface area contributed by atoms with Crippen LogP contribution in [0.3, 0.4) is 0 Å². The normalized spacial score (nSPS) is 15.1. The van der Waals surface area contributed by atoms with Crippen LogP contribution in [0.25, 0.3) is 0 Å². The Labute approximate surface area is 192 Å². The van der Waals surface area contributed by atoms with E-state index >= 15 is 0 Å². The monoisotopic (exact) mass is 433 g/mol. The molecule has 2 aromatic rings. The topological polar surface area (TPSA) is 109 Å². The maximum atomic E-state index is 13.0. The van der Waals surface area contributed by atoms with Crippen LogP contribution in [-0.2, 0) is 34.1 Å². The number of carbonyl (C=O) groups excluding carboxylic acids is 1. The van der Waals surface area contributed by atoms with E-state index < -0.39 is 22.4 Å². The van der Waals surface area contributed by atoms with Gasteiger partial charge in [0.15, 0.2) is 0 Å². The predicted molar refractivity (Wildman–Crippen MR) is 102 cm³/mol. The van der Waals surface area contributed by atoms with Crippen molar-refractivity contribution in [3.05, 3.63) is 59.2 Å². The van der Waals surface area contributed by atoms with Gasteiger partial charge in [-0.05, 0) is 47.6 Å². The molecule has 0 radical (unpaired) electrons. The molecule has 6 nitrogen and oxygen atoms in total. The van der Waals surface area contributed by atoms with Crippen molar-refractivity contribution in [3.8, 4) is 0 Å². The molecule has 28 heavy (non-hydrogen) atoms. The molecule has 1 atom stereocenters. The molecular formula is C19H21ClNNaO5S. The van der Waals surface area contributed by atoms with Gasteiger partial charge in [0, 0.05) is 24.2 Å². The molecule has 1 aliphatic rings. The van der Waals surface area contributed by atoms with Gasteiger partial charge in [0.2, 0.25) is 0 Å². The zero-order chi connectivity index (χ0) is 18.9. The van der Waals surface area contributed by atoms with Crippen LogP contribution < -0.4 is 38.5 Å². The van der Waals surface area contributed by atoms with Gasteiger partial charge in [0.1, 0.15) is 0 Å². The molecule has 2 aromatic carbocycles. The van der Waals surface area contributed by atoms with E-state index in [1.54, 1.807) is 24.3 Å². The summed E-state index contributed by atoms with van der Waals surface area (Å²) in [7, 11) is -4.01. The van der Waals surface area contributed by atoms with Crippen molar-refractivity contribution in [3.63, 3.8) is 0 Å². The Bertz CT molecular complexity index is 937. The Kier molecular flexibility index (Phi) is 8.99. The number of halogens is 1. The molecule has 0 aromatic heterocycles. The standard InChI is InChI=1S/C19H20ClNO4S.Na.H2O/c1-2-13-10-14-8-9-15(12-18(22)23)19(17(14)11-13)21(20)26(24,25)16-6-4-3-5-7-16;;/h3-9,13H,2,10-12H2,1H3,(H,22,23);;1H2/q;+1;/p-1. The molecule has 146 valence electrons. The zero-order valence-corrected chi connectivity index (χ0v) is 19.4. The fraction of sp³-hybridized carbons (Fsp3) is 0.316. The van der Waals surface area contributed by atoms with Crippen molar-refractivity contribution in [1.82, 2.24) is 0 Å². The quantitative estimate of drug-likeness (QED) is 0.413. The number of sulfonamides is 1. The first-order valence-corrected chi connectivity index (χ1v) is 10.2. The molecule has 0 saturated carbocycles. The average Bonchev–Trinajstić information content (AvgIpc) is 3.04. The number of anilines is 1. The molecule has 0 spiro atoms. The first-order chi connectivity index (χ1) is 12.3. The molecular weight excluding hydrogens is 413 g/mol. The van der Waals surface area contributed by atoms with Crippen molar-refractivity contribution in [2.45, 2.75) is 37.5 Å². The van der Waals surface area contributed by atoms with Gasteiger partial charge in [-0.2, -0.15) is 12.2 Å². The molecule has 0 heterocycles. The summed E-state index contributed by atoms with van der Waals surface area (Å²) in [4.78, 5) is 11.2. The fourth-order valence-corrected chi connectivity index (χ4v) is 5.03. The van der Waals surface area contributed by atoms with Crippen molar-refractivity contribution in [1.29, 1.82) is 0 Å². The van der Waals surface area contributed by atoms with Crippen LogP contribution in [0.4, 0.5) is 5.69 Å². The Balaban J connectivity index is 0.00000196. The Morgan fingerprint density at radius 2 is 1.82 bits per heavy atom.